The summed E-state index contributed by atoms with van der Waals surface area (Å²) in [7, 11) is -3.93. The smallest absolute Gasteiger partial charge is 0.308 e. The zero-order valence-electron chi connectivity index (χ0n) is 18.3. The number of esters is 1. The summed E-state index contributed by atoms with van der Waals surface area (Å²) in [5.74, 6) is -0.401. The van der Waals surface area contributed by atoms with E-state index in [0.29, 0.717) is 12.3 Å². The van der Waals surface area contributed by atoms with Crippen molar-refractivity contribution in [2.75, 3.05) is 10.9 Å². The number of hydrogen-bond donors (Lipinski definition) is 0. The van der Waals surface area contributed by atoms with Gasteiger partial charge in [-0.3, -0.25) is 9.10 Å². The molecule has 1 heterocycles. The van der Waals surface area contributed by atoms with Crippen molar-refractivity contribution in [3.63, 3.8) is 0 Å². The lowest BCUT2D eigenvalue weighted by atomic mass is 9.88. The van der Waals surface area contributed by atoms with Crippen LogP contribution in [0.25, 0.3) is 11.1 Å². The van der Waals surface area contributed by atoms with Gasteiger partial charge in [-0.15, -0.1) is 0 Å². The minimum absolute atomic E-state index is 0.0554. The summed E-state index contributed by atoms with van der Waals surface area (Å²) in [6, 6.07) is 21.2. The van der Waals surface area contributed by atoms with E-state index in [0.717, 1.165) is 35.1 Å². The fourth-order valence-electron chi connectivity index (χ4n) is 4.08. The Labute approximate surface area is 189 Å². The van der Waals surface area contributed by atoms with E-state index in [4.69, 9.17) is 4.74 Å². The van der Waals surface area contributed by atoms with Crippen LogP contribution in [0.2, 0.25) is 0 Å². The molecule has 0 aromatic heterocycles. The number of carbonyl (C=O) groups excluding carboxylic acids is 1. The third kappa shape index (κ3) is 4.15. The molecule has 0 aliphatic carbocycles. The molecule has 0 N–H and O–H groups in total. The van der Waals surface area contributed by atoms with E-state index in [9.17, 15) is 13.2 Å². The lowest BCUT2D eigenvalue weighted by Crippen LogP contribution is -2.39. The van der Waals surface area contributed by atoms with Crippen molar-refractivity contribution >= 4 is 21.7 Å². The Morgan fingerprint density at radius 3 is 2.31 bits per heavy atom. The van der Waals surface area contributed by atoms with Crippen LogP contribution >= 0.6 is 0 Å². The summed E-state index contributed by atoms with van der Waals surface area (Å²) in [5, 5.41) is 0. The Hall–Kier alpha value is -3.12. The maximum Gasteiger partial charge on any atom is 0.308 e. The first-order valence-electron chi connectivity index (χ1n) is 10.9. The van der Waals surface area contributed by atoms with Crippen LogP contribution in [0.15, 0.2) is 77.7 Å². The minimum Gasteiger partial charge on any atom is -0.466 e. The van der Waals surface area contributed by atoms with Gasteiger partial charge >= 0.3 is 5.97 Å². The summed E-state index contributed by atoms with van der Waals surface area (Å²) in [6.45, 7) is 4.28. The van der Waals surface area contributed by atoms with Crippen molar-refractivity contribution in [3.05, 3.63) is 83.9 Å². The van der Waals surface area contributed by atoms with Gasteiger partial charge in [-0.2, -0.15) is 0 Å². The third-order valence-corrected chi connectivity index (χ3v) is 7.57. The van der Waals surface area contributed by atoms with Crippen LogP contribution in [0, 0.1) is 6.92 Å². The van der Waals surface area contributed by atoms with Crippen molar-refractivity contribution in [2.45, 2.75) is 44.0 Å². The Balaban J connectivity index is 1.84. The van der Waals surface area contributed by atoms with Crippen molar-refractivity contribution in [3.8, 4) is 11.1 Å². The van der Waals surface area contributed by atoms with Gasteiger partial charge < -0.3 is 4.74 Å². The molecule has 4 rings (SSSR count). The molecule has 1 aliphatic rings. The normalized spacial score (nSPS) is 15.1. The largest absolute Gasteiger partial charge is 0.466 e. The van der Waals surface area contributed by atoms with Gasteiger partial charge in [0.1, 0.15) is 0 Å². The molecule has 166 valence electrons. The Morgan fingerprint density at radius 1 is 0.938 bits per heavy atom. The highest BCUT2D eigenvalue weighted by Gasteiger charge is 2.40. The van der Waals surface area contributed by atoms with Crippen LogP contribution in [0.3, 0.4) is 0 Å². The molecule has 6 heteroatoms. The predicted octanol–water partition coefficient (Wildman–Crippen LogP) is 5.65. The second-order valence-electron chi connectivity index (χ2n) is 8.01. The molecule has 1 atom stereocenters. The van der Waals surface area contributed by atoms with Gasteiger partial charge in [0.05, 0.1) is 29.7 Å². The quantitative estimate of drug-likeness (QED) is 0.346. The van der Waals surface area contributed by atoms with Crippen molar-refractivity contribution < 1.29 is 17.9 Å². The van der Waals surface area contributed by atoms with Gasteiger partial charge in [0.2, 0.25) is 0 Å². The number of sulfonamides is 1. The van der Waals surface area contributed by atoms with Gasteiger partial charge in [0, 0.05) is 5.56 Å². The second kappa shape index (κ2) is 9.17. The molecule has 1 aliphatic heterocycles. The number of fused-ring (bicyclic) bond motifs is 3. The molecule has 0 fully saturated rings. The number of unbranched alkanes of at least 4 members (excludes halogenated alkanes) is 1. The fraction of sp³-hybridized carbons (Fsp3) is 0.269. The molecule has 0 amide bonds. The van der Waals surface area contributed by atoms with E-state index in [2.05, 4.69) is 0 Å². The van der Waals surface area contributed by atoms with Gasteiger partial charge in [0.15, 0.2) is 0 Å². The first-order chi connectivity index (χ1) is 15.4. The van der Waals surface area contributed by atoms with Gasteiger partial charge in [-0.25, -0.2) is 8.42 Å². The number of benzene rings is 3. The number of hydrogen-bond acceptors (Lipinski definition) is 4. The second-order valence-corrected chi connectivity index (χ2v) is 9.83. The topological polar surface area (TPSA) is 63.7 Å². The monoisotopic (exact) mass is 449 g/mol. The number of carbonyl (C=O) groups is 1. The number of aryl methyl sites for hydroxylation is 1. The summed E-state index contributed by atoms with van der Waals surface area (Å²) < 4.78 is 34.6. The number of para-hydroxylation sites is 1. The first kappa shape index (κ1) is 22.1. The van der Waals surface area contributed by atoms with Crippen LogP contribution in [0.4, 0.5) is 5.69 Å². The molecule has 0 spiro atoms. The van der Waals surface area contributed by atoms with Crippen LogP contribution in [-0.4, -0.2) is 21.0 Å². The summed E-state index contributed by atoms with van der Waals surface area (Å²) in [6.07, 6.45) is 1.64. The highest BCUT2D eigenvalue weighted by atomic mass is 32.2. The Bertz CT molecular complexity index is 1220. The lowest BCUT2D eigenvalue weighted by molar-refractivity contribution is -0.144. The molecule has 32 heavy (non-hydrogen) atoms. The fourth-order valence-corrected chi connectivity index (χ4v) is 5.73. The third-order valence-electron chi connectivity index (χ3n) is 5.73. The summed E-state index contributed by atoms with van der Waals surface area (Å²) in [5.41, 5.74) is 4.11. The minimum atomic E-state index is -3.93. The molecule has 0 bridgehead atoms. The zero-order chi connectivity index (χ0) is 22.7. The predicted molar refractivity (Wildman–Crippen MR) is 126 cm³/mol. The van der Waals surface area contributed by atoms with Crippen LogP contribution < -0.4 is 4.31 Å². The van der Waals surface area contributed by atoms with Crippen LogP contribution in [0.5, 0.6) is 0 Å². The van der Waals surface area contributed by atoms with E-state index in [1.807, 2.05) is 56.3 Å². The lowest BCUT2D eigenvalue weighted by Gasteiger charge is -2.38. The first-order valence-corrected chi connectivity index (χ1v) is 12.3. The van der Waals surface area contributed by atoms with Gasteiger partial charge in [-0.05, 0) is 42.7 Å². The maximum absolute atomic E-state index is 13.9. The standard InChI is InChI=1S/C26H27NO4S/c1-3-4-17-31-26(28)18-25-23-11-6-5-9-21(23)22-10-7-8-12-24(22)27(25)32(29,30)20-15-13-19(2)14-16-20/h5-16,25H,3-4,17-18H2,1-2H3. The number of nitrogens with zero attached hydrogens (tertiary/aromatic N) is 1. The summed E-state index contributed by atoms with van der Waals surface area (Å²) >= 11 is 0. The highest BCUT2D eigenvalue weighted by Crippen LogP contribution is 2.48. The van der Waals surface area contributed by atoms with Crippen molar-refractivity contribution in [2.24, 2.45) is 0 Å². The van der Waals surface area contributed by atoms with Crippen LogP contribution in [-0.2, 0) is 19.6 Å². The molecule has 0 radical (unpaired) electrons. The summed E-state index contributed by atoms with van der Waals surface area (Å²) in [4.78, 5) is 12.9. The SMILES string of the molecule is CCCCOC(=O)CC1c2ccccc2-c2ccccc2N1S(=O)(=O)c1ccc(C)cc1. The highest BCUT2D eigenvalue weighted by molar-refractivity contribution is 7.92. The number of rotatable bonds is 7. The van der Waals surface area contributed by atoms with Crippen molar-refractivity contribution in [1.82, 2.24) is 0 Å². The van der Waals surface area contributed by atoms with E-state index < -0.39 is 22.0 Å². The average molecular weight is 450 g/mol. The van der Waals surface area contributed by atoms with E-state index in [-0.39, 0.29) is 11.3 Å². The molecule has 0 saturated carbocycles. The van der Waals surface area contributed by atoms with E-state index in [1.54, 1.807) is 30.3 Å². The molecule has 1 unspecified atom stereocenters. The van der Waals surface area contributed by atoms with Gasteiger partial charge in [0.25, 0.3) is 10.0 Å². The molecular weight excluding hydrogens is 422 g/mol. The molecule has 3 aromatic carbocycles. The average Bonchev–Trinajstić information content (AvgIpc) is 2.79. The molecule has 3 aromatic rings. The molecular formula is C26H27NO4S. The van der Waals surface area contributed by atoms with Crippen molar-refractivity contribution in [1.29, 1.82) is 0 Å². The Morgan fingerprint density at radius 2 is 1.59 bits per heavy atom. The molecule has 5 nitrogen and oxygen atoms in total. The molecule has 0 saturated heterocycles. The Kier molecular flexibility index (Phi) is 6.33. The van der Waals surface area contributed by atoms with E-state index >= 15 is 0 Å². The van der Waals surface area contributed by atoms with E-state index in [1.165, 1.54) is 4.31 Å². The maximum atomic E-state index is 13.9. The number of ether oxygens (including phenoxy) is 1. The number of anilines is 1. The zero-order valence-corrected chi connectivity index (χ0v) is 19.1. The van der Waals surface area contributed by atoms with Crippen LogP contribution in [0.1, 0.15) is 43.4 Å². The van der Waals surface area contributed by atoms with Gasteiger partial charge in [-0.1, -0.05) is 73.5 Å².